The van der Waals surface area contributed by atoms with Crippen LogP contribution in [0.3, 0.4) is 0 Å². The molecule has 0 bridgehead atoms. The smallest absolute Gasteiger partial charge is 0.185 e. The van der Waals surface area contributed by atoms with E-state index in [2.05, 4.69) is 0 Å². The van der Waals surface area contributed by atoms with Gasteiger partial charge in [-0.25, -0.2) is 0 Å². The highest BCUT2D eigenvalue weighted by Crippen LogP contribution is 2.28. The van der Waals surface area contributed by atoms with Crippen LogP contribution in [0.2, 0.25) is 0 Å². The maximum Gasteiger partial charge on any atom is 0.185 e. The molecule has 1 aliphatic rings. The van der Waals surface area contributed by atoms with E-state index in [0.717, 1.165) is 41.5 Å². The van der Waals surface area contributed by atoms with Gasteiger partial charge >= 0.3 is 0 Å². The molecule has 2 nitrogen and oxygen atoms in total. The van der Waals surface area contributed by atoms with Crippen LogP contribution >= 0.6 is 0 Å². The van der Waals surface area contributed by atoms with Crippen molar-refractivity contribution in [1.29, 1.82) is 0 Å². The summed E-state index contributed by atoms with van der Waals surface area (Å²) in [6.07, 6.45) is 6.56. The molecule has 0 saturated heterocycles. The number of rotatable bonds is 2. The lowest BCUT2D eigenvalue weighted by Gasteiger charge is -2.16. The molecule has 1 N–H and O–H groups in total. The van der Waals surface area contributed by atoms with Crippen LogP contribution in [-0.4, -0.2) is 10.9 Å². The summed E-state index contributed by atoms with van der Waals surface area (Å²) in [5.41, 5.74) is 3.74. The Balaban J connectivity index is 1.87. The van der Waals surface area contributed by atoms with Gasteiger partial charge in [-0.1, -0.05) is 42.5 Å². The van der Waals surface area contributed by atoms with Crippen LogP contribution in [0.15, 0.2) is 65.7 Å². The van der Waals surface area contributed by atoms with E-state index in [-0.39, 0.29) is 11.5 Å². The number of carbonyl (C=O) groups is 1. The molecule has 0 atom stereocenters. The summed E-state index contributed by atoms with van der Waals surface area (Å²) in [4.78, 5) is 12.6. The maximum atomic E-state index is 12.6. The van der Waals surface area contributed by atoms with Crippen molar-refractivity contribution in [2.24, 2.45) is 0 Å². The Morgan fingerprint density at radius 3 is 1.91 bits per heavy atom. The number of ketones is 1. The van der Waals surface area contributed by atoms with E-state index in [1.165, 1.54) is 0 Å². The average molecular weight is 290 g/mol. The molecule has 1 saturated carbocycles. The number of phenols is 1. The first-order chi connectivity index (χ1) is 10.7. The molecular weight excluding hydrogens is 272 g/mol. The third kappa shape index (κ3) is 3.34. The number of carbonyl (C=O) groups excluding carboxylic acids is 1. The molecule has 1 fully saturated rings. The van der Waals surface area contributed by atoms with Gasteiger partial charge in [0.25, 0.3) is 0 Å². The second-order valence-corrected chi connectivity index (χ2v) is 5.52. The van der Waals surface area contributed by atoms with E-state index in [4.69, 9.17) is 0 Å². The molecule has 3 rings (SSSR count). The Morgan fingerprint density at radius 2 is 1.32 bits per heavy atom. The number of Topliss-reactive ketones (excluding diaryl/α,β-unsaturated/α-hetero) is 1. The molecule has 0 heterocycles. The SMILES string of the molecule is O=C1/C(=C/c2ccccc2)CCC/C1=C\c1ccc(O)cc1. The van der Waals surface area contributed by atoms with E-state index in [9.17, 15) is 9.90 Å². The van der Waals surface area contributed by atoms with E-state index >= 15 is 0 Å². The molecule has 0 unspecified atom stereocenters. The van der Waals surface area contributed by atoms with Crippen molar-refractivity contribution in [1.82, 2.24) is 0 Å². The first-order valence-electron chi connectivity index (χ1n) is 7.52. The predicted octanol–water partition coefficient (Wildman–Crippen LogP) is 4.61. The Labute approximate surface area is 130 Å². The van der Waals surface area contributed by atoms with Crippen molar-refractivity contribution in [2.45, 2.75) is 19.3 Å². The lowest BCUT2D eigenvalue weighted by molar-refractivity contribution is -0.112. The minimum Gasteiger partial charge on any atom is -0.508 e. The summed E-state index contributed by atoms with van der Waals surface area (Å²) in [5.74, 6) is 0.380. The number of phenolic OH excluding ortho intramolecular Hbond substituents is 1. The van der Waals surface area contributed by atoms with Crippen LogP contribution in [0.25, 0.3) is 12.2 Å². The van der Waals surface area contributed by atoms with Crippen LogP contribution in [0.5, 0.6) is 5.75 Å². The molecule has 22 heavy (non-hydrogen) atoms. The Bertz CT molecular complexity index is 722. The van der Waals surface area contributed by atoms with E-state index in [1.54, 1.807) is 12.1 Å². The Morgan fingerprint density at radius 1 is 0.773 bits per heavy atom. The van der Waals surface area contributed by atoms with Gasteiger partial charge in [0, 0.05) is 11.1 Å². The van der Waals surface area contributed by atoms with Crippen molar-refractivity contribution in [3.63, 3.8) is 0 Å². The molecule has 2 heteroatoms. The third-order valence-electron chi connectivity index (χ3n) is 3.85. The van der Waals surface area contributed by atoms with Gasteiger partial charge in [-0.15, -0.1) is 0 Å². The van der Waals surface area contributed by atoms with Gasteiger partial charge in [-0.3, -0.25) is 4.79 Å². The topological polar surface area (TPSA) is 37.3 Å². The number of benzene rings is 2. The van der Waals surface area contributed by atoms with E-state index in [0.29, 0.717) is 0 Å². The Kier molecular flexibility index (Phi) is 4.19. The second-order valence-electron chi connectivity index (χ2n) is 5.52. The summed E-state index contributed by atoms with van der Waals surface area (Å²) >= 11 is 0. The van der Waals surface area contributed by atoms with Gasteiger partial charge in [0.05, 0.1) is 0 Å². The van der Waals surface area contributed by atoms with Gasteiger partial charge in [-0.05, 0) is 54.7 Å². The highest BCUT2D eigenvalue weighted by Gasteiger charge is 2.20. The molecule has 1 aliphatic carbocycles. The van der Waals surface area contributed by atoms with Gasteiger partial charge in [0.15, 0.2) is 5.78 Å². The summed E-state index contributed by atoms with van der Waals surface area (Å²) < 4.78 is 0. The predicted molar refractivity (Wildman–Crippen MR) is 89.4 cm³/mol. The van der Waals surface area contributed by atoms with Crippen LogP contribution in [0.4, 0.5) is 0 Å². The number of allylic oxidation sites excluding steroid dienone is 2. The van der Waals surface area contributed by atoms with Gasteiger partial charge in [0.1, 0.15) is 5.75 Å². The molecule has 0 amide bonds. The highest BCUT2D eigenvalue weighted by molar-refractivity contribution is 6.13. The first kappa shape index (κ1) is 14.3. The second kappa shape index (κ2) is 6.44. The zero-order chi connectivity index (χ0) is 15.4. The van der Waals surface area contributed by atoms with E-state index in [1.807, 2.05) is 54.6 Å². The van der Waals surface area contributed by atoms with Crippen LogP contribution in [0.1, 0.15) is 30.4 Å². The molecule has 0 aliphatic heterocycles. The first-order valence-corrected chi connectivity index (χ1v) is 7.52. The lowest BCUT2D eigenvalue weighted by atomic mass is 9.87. The lowest BCUT2D eigenvalue weighted by Crippen LogP contribution is -2.12. The third-order valence-corrected chi connectivity index (χ3v) is 3.85. The number of hydrogen-bond acceptors (Lipinski definition) is 2. The quantitative estimate of drug-likeness (QED) is 0.820. The van der Waals surface area contributed by atoms with Crippen LogP contribution in [-0.2, 0) is 4.79 Å². The zero-order valence-corrected chi connectivity index (χ0v) is 12.3. The maximum absolute atomic E-state index is 12.6. The monoisotopic (exact) mass is 290 g/mol. The zero-order valence-electron chi connectivity index (χ0n) is 12.3. The minimum absolute atomic E-state index is 0.142. The fourth-order valence-electron chi connectivity index (χ4n) is 2.70. The number of hydrogen-bond donors (Lipinski definition) is 1. The number of aromatic hydroxyl groups is 1. The minimum atomic E-state index is 0.142. The Hall–Kier alpha value is -2.61. The molecule has 0 radical (unpaired) electrons. The van der Waals surface area contributed by atoms with Crippen LogP contribution < -0.4 is 0 Å². The van der Waals surface area contributed by atoms with Crippen molar-refractivity contribution in [2.75, 3.05) is 0 Å². The van der Waals surface area contributed by atoms with Crippen LogP contribution in [0, 0.1) is 0 Å². The highest BCUT2D eigenvalue weighted by atomic mass is 16.3. The fourth-order valence-corrected chi connectivity index (χ4v) is 2.70. The van der Waals surface area contributed by atoms with Gasteiger partial charge in [-0.2, -0.15) is 0 Å². The van der Waals surface area contributed by atoms with Gasteiger partial charge < -0.3 is 5.11 Å². The summed E-state index contributed by atoms with van der Waals surface area (Å²) in [7, 11) is 0. The molecule has 2 aromatic rings. The summed E-state index contributed by atoms with van der Waals surface area (Å²) in [5, 5.41) is 9.32. The molecule has 0 spiro atoms. The summed E-state index contributed by atoms with van der Waals surface area (Å²) in [6, 6.07) is 16.9. The van der Waals surface area contributed by atoms with Gasteiger partial charge in [0.2, 0.25) is 0 Å². The van der Waals surface area contributed by atoms with Crippen molar-refractivity contribution in [3.8, 4) is 5.75 Å². The normalized spacial score (nSPS) is 18.8. The molecule has 110 valence electrons. The van der Waals surface area contributed by atoms with Crippen molar-refractivity contribution in [3.05, 3.63) is 76.9 Å². The molecular formula is C20H18O2. The van der Waals surface area contributed by atoms with Crippen molar-refractivity contribution < 1.29 is 9.90 Å². The fraction of sp³-hybridized carbons (Fsp3) is 0.150. The standard InChI is InChI=1S/C20H18O2/c21-19-11-9-16(10-12-19)14-18-8-4-7-17(20(18)22)13-15-5-2-1-3-6-15/h1-3,5-6,9-14,21H,4,7-8H2/b17-13+,18-14+. The van der Waals surface area contributed by atoms with Crippen molar-refractivity contribution >= 4 is 17.9 Å². The largest absolute Gasteiger partial charge is 0.508 e. The summed E-state index contributed by atoms with van der Waals surface area (Å²) in [6.45, 7) is 0. The molecule has 0 aromatic heterocycles. The average Bonchev–Trinajstić information content (AvgIpc) is 2.54. The van der Waals surface area contributed by atoms with E-state index < -0.39 is 0 Å². The molecule has 2 aromatic carbocycles.